The number of carboxylic acids is 1. The predicted molar refractivity (Wildman–Crippen MR) is 135 cm³/mol. The fraction of sp³-hybridized carbons (Fsp3) is 0.310. The summed E-state index contributed by atoms with van der Waals surface area (Å²) < 4.78 is 21.9. The van der Waals surface area contributed by atoms with Gasteiger partial charge in [0.2, 0.25) is 0 Å². The molecule has 6 rings (SSSR count). The van der Waals surface area contributed by atoms with Crippen molar-refractivity contribution in [3.63, 3.8) is 0 Å². The zero-order chi connectivity index (χ0) is 25.0. The van der Waals surface area contributed by atoms with Crippen molar-refractivity contribution in [2.45, 2.75) is 38.3 Å². The number of carbonyl (C=O) groups excluding carboxylic acids is 1. The summed E-state index contributed by atoms with van der Waals surface area (Å²) >= 11 is 0. The Kier molecular flexibility index (Phi) is 5.25. The van der Waals surface area contributed by atoms with E-state index in [4.69, 9.17) is 9.84 Å². The maximum atomic E-state index is 14.7. The SMILES string of the molecule is COc1ccc2ccc(Cn3ccc4c(F)ccc(C(=O)NC5CC6(C5)CC(C(=O)O)C6)c43)cc2c1. The van der Waals surface area contributed by atoms with Gasteiger partial charge in [-0.05, 0) is 83.8 Å². The van der Waals surface area contributed by atoms with Gasteiger partial charge in [-0.1, -0.05) is 18.2 Å². The third kappa shape index (κ3) is 3.79. The second-order valence-corrected chi connectivity index (χ2v) is 10.4. The average Bonchev–Trinajstić information content (AvgIpc) is 3.23. The van der Waals surface area contributed by atoms with Gasteiger partial charge in [0.15, 0.2) is 0 Å². The summed E-state index contributed by atoms with van der Waals surface area (Å²) in [6, 6.07) is 16.7. The Hall–Kier alpha value is -3.87. The summed E-state index contributed by atoms with van der Waals surface area (Å²) in [5.74, 6) is -0.784. The molecule has 36 heavy (non-hydrogen) atoms. The van der Waals surface area contributed by atoms with Crippen molar-refractivity contribution in [3.05, 3.63) is 77.7 Å². The van der Waals surface area contributed by atoms with E-state index in [1.54, 1.807) is 19.2 Å². The topological polar surface area (TPSA) is 80.6 Å². The standard InChI is InChI=1S/C29H27FN2O4/c1-36-22-5-4-18-3-2-17(10-19(18)11-22)16-32-9-8-23-25(30)7-6-24(26(23)32)27(33)31-21-14-29(15-21)12-20(13-29)28(34)35/h2-11,20-21H,12-16H2,1H3,(H,31,33)(H,34,35). The van der Waals surface area contributed by atoms with Gasteiger partial charge in [-0.25, -0.2) is 4.39 Å². The summed E-state index contributed by atoms with van der Waals surface area (Å²) in [7, 11) is 1.64. The fourth-order valence-electron chi connectivity index (χ4n) is 6.15. The highest BCUT2D eigenvalue weighted by Gasteiger charge is 2.55. The number of fused-ring (bicyclic) bond motifs is 2. The molecule has 7 heteroatoms. The molecule has 2 N–H and O–H groups in total. The molecular formula is C29H27FN2O4. The van der Waals surface area contributed by atoms with Crippen molar-refractivity contribution >= 4 is 33.6 Å². The molecule has 2 aliphatic carbocycles. The van der Waals surface area contributed by atoms with E-state index in [0.29, 0.717) is 35.9 Å². The van der Waals surface area contributed by atoms with Gasteiger partial charge in [0.1, 0.15) is 11.6 Å². The van der Waals surface area contributed by atoms with Crippen LogP contribution in [0.25, 0.3) is 21.7 Å². The lowest BCUT2D eigenvalue weighted by Gasteiger charge is -2.56. The van der Waals surface area contributed by atoms with Crippen molar-refractivity contribution in [2.75, 3.05) is 7.11 Å². The molecule has 0 aliphatic heterocycles. The van der Waals surface area contributed by atoms with E-state index in [1.165, 1.54) is 6.07 Å². The highest BCUT2D eigenvalue weighted by atomic mass is 19.1. The van der Waals surface area contributed by atoms with E-state index < -0.39 is 5.97 Å². The molecule has 3 aromatic carbocycles. The second-order valence-electron chi connectivity index (χ2n) is 10.4. The minimum Gasteiger partial charge on any atom is -0.497 e. The van der Waals surface area contributed by atoms with Crippen molar-refractivity contribution in [3.8, 4) is 5.75 Å². The summed E-state index contributed by atoms with van der Waals surface area (Å²) in [4.78, 5) is 24.4. The van der Waals surface area contributed by atoms with Crippen LogP contribution < -0.4 is 10.1 Å². The molecule has 0 unspecified atom stereocenters. The first-order valence-corrected chi connectivity index (χ1v) is 12.2. The molecule has 0 bridgehead atoms. The lowest BCUT2D eigenvalue weighted by atomic mass is 9.50. The number of carbonyl (C=O) groups is 2. The minimum absolute atomic E-state index is 0.0197. The molecule has 2 aliphatic rings. The van der Waals surface area contributed by atoms with Crippen molar-refractivity contribution in [1.82, 2.24) is 9.88 Å². The van der Waals surface area contributed by atoms with E-state index in [2.05, 4.69) is 11.4 Å². The number of rotatable bonds is 6. The van der Waals surface area contributed by atoms with Gasteiger partial charge in [0.05, 0.1) is 24.1 Å². The number of halogens is 1. The second kappa shape index (κ2) is 8.36. The molecule has 2 fully saturated rings. The first-order chi connectivity index (χ1) is 17.3. The van der Waals surface area contributed by atoms with E-state index in [9.17, 15) is 14.0 Å². The highest BCUT2D eigenvalue weighted by molar-refractivity contribution is 6.06. The molecule has 2 saturated carbocycles. The Morgan fingerprint density at radius 2 is 1.83 bits per heavy atom. The Morgan fingerprint density at radius 3 is 2.58 bits per heavy atom. The van der Waals surface area contributed by atoms with E-state index in [1.807, 2.05) is 41.1 Å². The lowest BCUT2D eigenvalue weighted by Crippen LogP contribution is -2.57. The van der Waals surface area contributed by atoms with Gasteiger partial charge in [-0.3, -0.25) is 9.59 Å². The molecule has 1 aromatic heterocycles. The van der Waals surface area contributed by atoms with Crippen molar-refractivity contribution < 1.29 is 23.8 Å². The number of carboxylic acid groups (broad SMARTS) is 1. The van der Waals surface area contributed by atoms with Gasteiger partial charge in [-0.2, -0.15) is 0 Å². The predicted octanol–water partition coefficient (Wildman–Crippen LogP) is 5.36. The van der Waals surface area contributed by atoms with Gasteiger partial charge in [-0.15, -0.1) is 0 Å². The Labute approximate surface area is 207 Å². The van der Waals surface area contributed by atoms with Crippen LogP contribution in [0.15, 0.2) is 60.8 Å². The van der Waals surface area contributed by atoms with Crippen LogP contribution in [0.5, 0.6) is 5.75 Å². The van der Waals surface area contributed by atoms with Crippen LogP contribution in [-0.2, 0) is 11.3 Å². The minimum atomic E-state index is -0.729. The number of benzene rings is 3. The number of aliphatic carboxylic acids is 1. The number of hydrogen-bond acceptors (Lipinski definition) is 3. The van der Waals surface area contributed by atoms with Crippen LogP contribution in [0.3, 0.4) is 0 Å². The number of nitrogens with one attached hydrogen (secondary N) is 1. The zero-order valence-corrected chi connectivity index (χ0v) is 20.0. The molecule has 184 valence electrons. The third-order valence-corrected chi connectivity index (χ3v) is 7.98. The van der Waals surface area contributed by atoms with Crippen molar-refractivity contribution in [1.29, 1.82) is 0 Å². The summed E-state index contributed by atoms with van der Waals surface area (Å²) in [6.07, 6.45) is 4.80. The molecule has 6 nitrogen and oxygen atoms in total. The third-order valence-electron chi connectivity index (χ3n) is 7.98. The first-order valence-electron chi connectivity index (χ1n) is 12.2. The summed E-state index contributed by atoms with van der Waals surface area (Å²) in [5, 5.41) is 14.8. The van der Waals surface area contributed by atoms with Crippen LogP contribution in [0.2, 0.25) is 0 Å². The number of ether oxygens (including phenoxy) is 1. The van der Waals surface area contributed by atoms with Gasteiger partial charge in [0, 0.05) is 24.2 Å². The molecule has 4 aromatic rings. The maximum absolute atomic E-state index is 14.7. The molecule has 0 atom stereocenters. The lowest BCUT2D eigenvalue weighted by molar-refractivity contribution is -0.155. The zero-order valence-electron chi connectivity index (χ0n) is 20.0. The van der Waals surface area contributed by atoms with Crippen LogP contribution in [0, 0.1) is 17.2 Å². The molecule has 0 saturated heterocycles. The molecule has 1 amide bonds. The van der Waals surface area contributed by atoms with Crippen LogP contribution in [0.4, 0.5) is 4.39 Å². The fourth-order valence-corrected chi connectivity index (χ4v) is 6.15. The van der Waals surface area contributed by atoms with Gasteiger partial charge < -0.3 is 19.7 Å². The number of methoxy groups -OCH3 is 1. The monoisotopic (exact) mass is 486 g/mol. The molecule has 1 spiro atoms. The molecule has 0 radical (unpaired) electrons. The largest absolute Gasteiger partial charge is 0.497 e. The highest BCUT2D eigenvalue weighted by Crippen LogP contribution is 2.58. The summed E-state index contributed by atoms with van der Waals surface area (Å²) in [6.45, 7) is 0.490. The number of nitrogens with zero attached hydrogens (tertiary/aromatic N) is 1. The number of hydrogen-bond donors (Lipinski definition) is 2. The maximum Gasteiger partial charge on any atom is 0.306 e. The van der Waals surface area contributed by atoms with E-state index in [-0.39, 0.29) is 29.1 Å². The Bertz CT molecular complexity index is 1510. The van der Waals surface area contributed by atoms with Crippen LogP contribution in [-0.4, -0.2) is 34.7 Å². The van der Waals surface area contributed by atoms with E-state index >= 15 is 0 Å². The van der Waals surface area contributed by atoms with Gasteiger partial charge >= 0.3 is 5.97 Å². The molecule has 1 heterocycles. The number of amides is 1. The average molecular weight is 487 g/mol. The Morgan fingerprint density at radius 1 is 1.06 bits per heavy atom. The Balaban J connectivity index is 1.24. The van der Waals surface area contributed by atoms with Crippen LogP contribution in [0.1, 0.15) is 41.6 Å². The first kappa shape index (κ1) is 22.6. The smallest absolute Gasteiger partial charge is 0.306 e. The van der Waals surface area contributed by atoms with E-state index in [0.717, 1.165) is 34.9 Å². The number of aromatic nitrogens is 1. The van der Waals surface area contributed by atoms with Crippen LogP contribution >= 0.6 is 0 Å². The normalized spacial score (nSPS) is 22.8. The summed E-state index contributed by atoms with van der Waals surface area (Å²) in [5.41, 5.74) is 2.11. The van der Waals surface area contributed by atoms with Crippen molar-refractivity contribution in [2.24, 2.45) is 11.3 Å². The quantitative estimate of drug-likeness (QED) is 0.384. The molecular weight excluding hydrogens is 459 g/mol. The van der Waals surface area contributed by atoms with Gasteiger partial charge in [0.25, 0.3) is 5.91 Å².